The molecule has 0 spiro atoms. The van der Waals surface area contributed by atoms with Crippen LogP contribution in [0.15, 0.2) is 35.7 Å². The van der Waals surface area contributed by atoms with E-state index in [9.17, 15) is 4.79 Å². The highest BCUT2D eigenvalue weighted by Crippen LogP contribution is 2.19. The number of aromatic nitrogens is 1. The lowest BCUT2D eigenvalue weighted by molar-refractivity contribution is 0.0904. The van der Waals surface area contributed by atoms with Gasteiger partial charge in [0.05, 0.1) is 6.10 Å². The number of hydrogen-bond acceptors (Lipinski definition) is 6. The van der Waals surface area contributed by atoms with Gasteiger partial charge in [-0.1, -0.05) is 30.3 Å². The van der Waals surface area contributed by atoms with Crippen LogP contribution in [0.3, 0.4) is 0 Å². The van der Waals surface area contributed by atoms with Crippen LogP contribution in [0.25, 0.3) is 0 Å². The number of benzene rings is 1. The normalized spacial score (nSPS) is 20.9. The van der Waals surface area contributed by atoms with Gasteiger partial charge in [0.25, 0.3) is 5.91 Å². The summed E-state index contributed by atoms with van der Waals surface area (Å²) >= 11 is 1.48. The summed E-state index contributed by atoms with van der Waals surface area (Å²) in [6, 6.07) is 10.8. The van der Waals surface area contributed by atoms with Crippen molar-refractivity contribution in [2.45, 2.75) is 44.4 Å². The first-order valence-electron chi connectivity index (χ1n) is 10.1. The molecule has 2 aromatic rings. The zero-order valence-corrected chi connectivity index (χ0v) is 16.9. The molecule has 0 saturated carbocycles. The Bertz CT molecular complexity index is 753. The number of rotatable bonds is 7. The van der Waals surface area contributed by atoms with Crippen molar-refractivity contribution < 1.29 is 9.53 Å². The average Bonchev–Trinajstić information content (AvgIpc) is 3.41. The molecule has 28 heavy (non-hydrogen) atoms. The van der Waals surface area contributed by atoms with Crippen LogP contribution in [0.4, 0.5) is 5.13 Å². The Kier molecular flexibility index (Phi) is 6.57. The fourth-order valence-electron chi connectivity index (χ4n) is 3.80. The molecule has 0 aliphatic carbocycles. The maximum Gasteiger partial charge on any atom is 0.271 e. The van der Waals surface area contributed by atoms with Gasteiger partial charge < -0.3 is 15.4 Å². The predicted molar refractivity (Wildman–Crippen MR) is 112 cm³/mol. The van der Waals surface area contributed by atoms with Crippen LogP contribution in [-0.4, -0.2) is 54.2 Å². The second-order valence-electron chi connectivity index (χ2n) is 7.56. The molecule has 1 atom stereocenters. The zero-order valence-electron chi connectivity index (χ0n) is 16.1. The molecule has 0 unspecified atom stereocenters. The van der Waals surface area contributed by atoms with E-state index in [0.717, 1.165) is 63.6 Å². The summed E-state index contributed by atoms with van der Waals surface area (Å²) in [6.45, 7) is 4.60. The molecule has 3 heterocycles. The molecule has 2 saturated heterocycles. The SMILES string of the molecule is O=C(NC1CCN(Cc2ccccc2)CC1)c1csc(NC[C@H]2CCCO2)n1. The highest BCUT2D eigenvalue weighted by atomic mass is 32.1. The molecular formula is C21H28N4O2S. The van der Waals surface area contributed by atoms with Crippen molar-refractivity contribution >= 4 is 22.4 Å². The van der Waals surface area contributed by atoms with Gasteiger partial charge >= 0.3 is 0 Å². The van der Waals surface area contributed by atoms with Crippen molar-refractivity contribution in [2.75, 3.05) is 31.6 Å². The molecule has 2 N–H and O–H groups in total. The second kappa shape index (κ2) is 9.49. The summed E-state index contributed by atoms with van der Waals surface area (Å²) in [6.07, 6.45) is 4.44. The van der Waals surface area contributed by atoms with Crippen molar-refractivity contribution in [1.82, 2.24) is 15.2 Å². The minimum atomic E-state index is -0.0667. The van der Waals surface area contributed by atoms with Crippen molar-refractivity contribution in [3.8, 4) is 0 Å². The molecule has 1 aromatic carbocycles. The van der Waals surface area contributed by atoms with Crippen LogP contribution in [0.1, 0.15) is 41.7 Å². The zero-order chi connectivity index (χ0) is 19.2. The third kappa shape index (κ3) is 5.31. The number of carbonyl (C=O) groups excluding carboxylic acids is 1. The largest absolute Gasteiger partial charge is 0.376 e. The first-order valence-corrected chi connectivity index (χ1v) is 11.0. The number of nitrogens with one attached hydrogen (secondary N) is 2. The van der Waals surface area contributed by atoms with E-state index in [1.165, 1.54) is 16.9 Å². The summed E-state index contributed by atoms with van der Waals surface area (Å²) in [5.74, 6) is -0.0667. The quantitative estimate of drug-likeness (QED) is 0.748. The summed E-state index contributed by atoms with van der Waals surface area (Å²) in [7, 11) is 0. The number of anilines is 1. The third-order valence-electron chi connectivity index (χ3n) is 5.41. The van der Waals surface area contributed by atoms with Crippen molar-refractivity contribution in [1.29, 1.82) is 0 Å². The molecule has 6 nitrogen and oxygen atoms in total. The topological polar surface area (TPSA) is 66.5 Å². The molecule has 1 amide bonds. The lowest BCUT2D eigenvalue weighted by Gasteiger charge is -2.32. The Hall–Kier alpha value is -1.96. The van der Waals surface area contributed by atoms with Crippen molar-refractivity contribution in [3.05, 3.63) is 47.0 Å². The minimum Gasteiger partial charge on any atom is -0.376 e. The maximum absolute atomic E-state index is 12.5. The number of carbonyl (C=O) groups is 1. The van der Waals surface area contributed by atoms with E-state index in [2.05, 4.69) is 44.8 Å². The Labute approximate surface area is 170 Å². The van der Waals surface area contributed by atoms with Crippen LogP contribution >= 0.6 is 11.3 Å². The van der Waals surface area contributed by atoms with Gasteiger partial charge in [0.1, 0.15) is 5.69 Å². The first kappa shape index (κ1) is 19.4. The van der Waals surface area contributed by atoms with E-state index in [1.54, 1.807) is 0 Å². The molecule has 2 aliphatic heterocycles. The Morgan fingerprint density at radius 1 is 1.21 bits per heavy atom. The van der Waals surface area contributed by atoms with Gasteiger partial charge in [-0.25, -0.2) is 4.98 Å². The number of amides is 1. The van der Waals surface area contributed by atoms with Gasteiger partial charge in [0.15, 0.2) is 5.13 Å². The molecule has 2 aliphatic rings. The monoisotopic (exact) mass is 400 g/mol. The van der Waals surface area contributed by atoms with Crippen LogP contribution in [0.2, 0.25) is 0 Å². The van der Waals surface area contributed by atoms with E-state index >= 15 is 0 Å². The Balaban J connectivity index is 1.20. The van der Waals surface area contributed by atoms with E-state index in [1.807, 2.05) is 11.4 Å². The third-order valence-corrected chi connectivity index (χ3v) is 6.21. The molecule has 1 aromatic heterocycles. The lowest BCUT2D eigenvalue weighted by atomic mass is 10.0. The number of piperidine rings is 1. The number of ether oxygens (including phenoxy) is 1. The predicted octanol–water partition coefficient (Wildman–Crippen LogP) is 3.13. The van der Waals surface area contributed by atoms with E-state index in [0.29, 0.717) is 5.69 Å². The first-order chi connectivity index (χ1) is 13.8. The molecule has 7 heteroatoms. The molecule has 0 radical (unpaired) electrons. The van der Waals surface area contributed by atoms with Crippen LogP contribution < -0.4 is 10.6 Å². The van der Waals surface area contributed by atoms with Crippen LogP contribution in [0.5, 0.6) is 0 Å². The lowest BCUT2D eigenvalue weighted by Crippen LogP contribution is -2.44. The van der Waals surface area contributed by atoms with Gasteiger partial charge in [-0.3, -0.25) is 9.69 Å². The van der Waals surface area contributed by atoms with Crippen molar-refractivity contribution in [3.63, 3.8) is 0 Å². The van der Waals surface area contributed by atoms with Gasteiger partial charge in [-0.05, 0) is 31.2 Å². The average molecular weight is 401 g/mol. The fourth-order valence-corrected chi connectivity index (χ4v) is 4.50. The fraction of sp³-hybridized carbons (Fsp3) is 0.524. The number of hydrogen-bond donors (Lipinski definition) is 2. The molecule has 150 valence electrons. The number of nitrogens with zero attached hydrogens (tertiary/aromatic N) is 2. The molecular weight excluding hydrogens is 372 g/mol. The van der Waals surface area contributed by atoms with E-state index in [-0.39, 0.29) is 18.1 Å². The smallest absolute Gasteiger partial charge is 0.271 e. The molecule has 2 fully saturated rings. The maximum atomic E-state index is 12.5. The second-order valence-corrected chi connectivity index (χ2v) is 8.42. The van der Waals surface area contributed by atoms with E-state index in [4.69, 9.17) is 4.74 Å². The number of likely N-dealkylation sites (tertiary alicyclic amines) is 1. The number of thiazole rings is 1. The highest BCUT2D eigenvalue weighted by Gasteiger charge is 2.22. The highest BCUT2D eigenvalue weighted by molar-refractivity contribution is 7.13. The summed E-state index contributed by atoms with van der Waals surface area (Å²) < 4.78 is 5.61. The molecule has 0 bridgehead atoms. The molecule has 4 rings (SSSR count). The van der Waals surface area contributed by atoms with Crippen LogP contribution in [-0.2, 0) is 11.3 Å². The van der Waals surface area contributed by atoms with Gasteiger partial charge in [-0.2, -0.15) is 0 Å². The summed E-state index contributed by atoms with van der Waals surface area (Å²) in [4.78, 5) is 19.4. The van der Waals surface area contributed by atoms with E-state index < -0.39 is 0 Å². The van der Waals surface area contributed by atoms with Gasteiger partial charge in [0, 0.05) is 44.2 Å². The Morgan fingerprint density at radius 2 is 2.04 bits per heavy atom. The Morgan fingerprint density at radius 3 is 2.79 bits per heavy atom. The van der Waals surface area contributed by atoms with Crippen LogP contribution in [0, 0.1) is 0 Å². The van der Waals surface area contributed by atoms with Gasteiger partial charge in [0.2, 0.25) is 0 Å². The summed E-state index contributed by atoms with van der Waals surface area (Å²) in [5, 5.41) is 9.07. The summed E-state index contributed by atoms with van der Waals surface area (Å²) in [5.41, 5.74) is 1.85. The minimum absolute atomic E-state index is 0.0667. The van der Waals surface area contributed by atoms with Gasteiger partial charge in [-0.15, -0.1) is 11.3 Å². The van der Waals surface area contributed by atoms with Crippen molar-refractivity contribution in [2.24, 2.45) is 0 Å². The standard InChI is InChI=1S/C21H28N4O2S/c26-20(19-15-28-21(24-19)22-13-18-7-4-12-27-18)23-17-8-10-25(11-9-17)14-16-5-2-1-3-6-16/h1-3,5-6,15,17-18H,4,7-14H2,(H,22,24)(H,23,26)/t18-/m1/s1.